The Morgan fingerprint density at radius 3 is 1.29 bits per heavy atom. The maximum atomic E-state index is 11.2. The van der Waals surface area contributed by atoms with Crippen molar-refractivity contribution in [2.75, 3.05) is 0 Å². The zero-order chi connectivity index (χ0) is 17.3. The van der Waals surface area contributed by atoms with Gasteiger partial charge >= 0.3 is 0 Å². The van der Waals surface area contributed by atoms with Gasteiger partial charge in [-0.05, 0) is 61.0 Å². The van der Waals surface area contributed by atoms with Crippen LogP contribution in [-0.2, 0) is 9.59 Å². The van der Waals surface area contributed by atoms with E-state index in [4.69, 9.17) is 0 Å². The van der Waals surface area contributed by atoms with Crippen molar-refractivity contribution >= 4 is 11.7 Å². The Bertz CT molecular complexity index is 418. The Hall–Kier alpha value is -1.38. The summed E-state index contributed by atoms with van der Waals surface area (Å²) in [6, 6.07) is 0.219. The zero-order valence-electron chi connectivity index (χ0n) is 15.5. The van der Waals surface area contributed by atoms with E-state index < -0.39 is 0 Å². The summed E-state index contributed by atoms with van der Waals surface area (Å²) in [5, 5.41) is 2.83. The van der Waals surface area contributed by atoms with Crippen LogP contribution >= 0.6 is 0 Å². The first kappa shape index (κ1) is 21.9. The molecule has 0 aliphatic heterocycles. The van der Waals surface area contributed by atoms with E-state index in [9.17, 15) is 9.59 Å². The van der Waals surface area contributed by atoms with Gasteiger partial charge in [-0.15, -0.1) is 0 Å². The summed E-state index contributed by atoms with van der Waals surface area (Å²) in [6.45, 7) is 19.3. The van der Waals surface area contributed by atoms with Crippen LogP contribution in [-0.4, -0.2) is 17.7 Å². The summed E-state index contributed by atoms with van der Waals surface area (Å²) >= 11 is 0. The number of amides is 1. The number of carbonyl (C=O) groups is 2. The van der Waals surface area contributed by atoms with Crippen molar-refractivity contribution in [3.05, 3.63) is 22.3 Å². The molecular formula is C18H33NO2. The van der Waals surface area contributed by atoms with Gasteiger partial charge in [0, 0.05) is 17.5 Å². The van der Waals surface area contributed by atoms with Crippen LogP contribution in [0.1, 0.15) is 69.2 Å². The topological polar surface area (TPSA) is 46.2 Å². The first-order valence-electron chi connectivity index (χ1n) is 7.54. The van der Waals surface area contributed by atoms with Gasteiger partial charge in [-0.2, -0.15) is 0 Å². The molecule has 0 aromatic carbocycles. The maximum Gasteiger partial charge on any atom is 0.247 e. The second kappa shape index (κ2) is 10.4. The first-order valence-corrected chi connectivity index (χ1v) is 7.54. The van der Waals surface area contributed by atoms with Gasteiger partial charge < -0.3 is 5.32 Å². The normalized spacial score (nSPS) is 9.71. The minimum atomic E-state index is 0.0417. The minimum absolute atomic E-state index is 0.0417. The van der Waals surface area contributed by atoms with Gasteiger partial charge in [-0.1, -0.05) is 25.0 Å². The lowest BCUT2D eigenvalue weighted by Gasteiger charge is -2.09. The summed E-state index contributed by atoms with van der Waals surface area (Å²) in [4.78, 5) is 22.5. The Morgan fingerprint density at radius 1 is 0.714 bits per heavy atom. The maximum absolute atomic E-state index is 11.2. The van der Waals surface area contributed by atoms with E-state index in [0.717, 1.165) is 22.3 Å². The van der Waals surface area contributed by atoms with Crippen molar-refractivity contribution < 1.29 is 9.59 Å². The lowest BCUT2D eigenvalue weighted by atomic mass is 9.99. The fraction of sp³-hybridized carbons (Fsp3) is 0.667. The quantitative estimate of drug-likeness (QED) is 0.780. The molecule has 0 saturated carbocycles. The van der Waals surface area contributed by atoms with Gasteiger partial charge in [0.15, 0.2) is 5.78 Å². The van der Waals surface area contributed by atoms with E-state index in [1.165, 1.54) is 0 Å². The zero-order valence-corrected chi connectivity index (χ0v) is 15.5. The standard InChI is InChI=1S/C9H17NO.C9H16O/c1-6(2)8(5)9(11)10-7(3)4;1-6(2)8(5)9(10)7(3)4/h7H,1-5H3,(H,10,11);7H,1-5H3. The highest BCUT2D eigenvalue weighted by atomic mass is 16.1. The van der Waals surface area contributed by atoms with Crippen LogP contribution in [0.2, 0.25) is 0 Å². The van der Waals surface area contributed by atoms with Gasteiger partial charge in [-0.25, -0.2) is 0 Å². The molecule has 0 aromatic rings. The summed E-state index contributed by atoms with van der Waals surface area (Å²) in [5.41, 5.74) is 3.93. The van der Waals surface area contributed by atoms with E-state index in [-0.39, 0.29) is 23.7 Å². The fourth-order valence-corrected chi connectivity index (χ4v) is 1.28. The average Bonchev–Trinajstić information content (AvgIpc) is 2.35. The monoisotopic (exact) mass is 295 g/mol. The van der Waals surface area contributed by atoms with Crippen molar-refractivity contribution in [1.29, 1.82) is 0 Å². The van der Waals surface area contributed by atoms with Gasteiger partial charge in [0.1, 0.15) is 0 Å². The third kappa shape index (κ3) is 10.1. The molecule has 0 bridgehead atoms. The Balaban J connectivity index is 0. The molecule has 1 amide bonds. The number of carbonyl (C=O) groups excluding carboxylic acids is 2. The third-order valence-corrected chi connectivity index (χ3v) is 3.15. The molecule has 122 valence electrons. The molecule has 3 nitrogen and oxygen atoms in total. The molecule has 0 aliphatic rings. The van der Waals surface area contributed by atoms with E-state index >= 15 is 0 Å². The molecule has 0 heterocycles. The molecule has 0 rings (SSSR count). The van der Waals surface area contributed by atoms with Crippen LogP contribution in [0.25, 0.3) is 0 Å². The highest BCUT2D eigenvalue weighted by molar-refractivity contribution is 5.96. The minimum Gasteiger partial charge on any atom is -0.350 e. The lowest BCUT2D eigenvalue weighted by Crippen LogP contribution is -2.30. The van der Waals surface area contributed by atoms with Crippen LogP contribution in [0.4, 0.5) is 0 Å². The van der Waals surface area contributed by atoms with Crippen molar-refractivity contribution in [1.82, 2.24) is 5.32 Å². The summed E-state index contributed by atoms with van der Waals surface area (Å²) in [6.07, 6.45) is 0. The molecule has 0 unspecified atom stereocenters. The highest BCUT2D eigenvalue weighted by Crippen LogP contribution is 2.09. The lowest BCUT2D eigenvalue weighted by molar-refractivity contribution is -0.118. The molecule has 0 fully saturated rings. The molecule has 21 heavy (non-hydrogen) atoms. The summed E-state index contributed by atoms with van der Waals surface area (Å²) in [7, 11) is 0. The number of Topliss-reactive ketones (excluding diaryl/α,β-unsaturated/α-hetero) is 1. The van der Waals surface area contributed by atoms with Crippen LogP contribution in [0, 0.1) is 5.92 Å². The van der Waals surface area contributed by atoms with Crippen molar-refractivity contribution in [2.24, 2.45) is 5.92 Å². The second-order valence-corrected chi connectivity index (χ2v) is 6.40. The number of rotatable bonds is 4. The fourth-order valence-electron chi connectivity index (χ4n) is 1.28. The Morgan fingerprint density at radius 2 is 1.10 bits per heavy atom. The van der Waals surface area contributed by atoms with Crippen molar-refractivity contribution in [3.8, 4) is 0 Å². The number of allylic oxidation sites excluding steroid dienone is 3. The van der Waals surface area contributed by atoms with Gasteiger partial charge in [0.05, 0.1) is 0 Å². The number of hydrogen-bond acceptors (Lipinski definition) is 2. The van der Waals surface area contributed by atoms with Crippen molar-refractivity contribution in [3.63, 3.8) is 0 Å². The van der Waals surface area contributed by atoms with Gasteiger partial charge in [0.2, 0.25) is 5.91 Å². The number of ketones is 1. The molecule has 0 atom stereocenters. The Kier molecular flexibility index (Phi) is 10.8. The van der Waals surface area contributed by atoms with E-state index in [1.807, 2.05) is 69.2 Å². The molecule has 0 aromatic heterocycles. The van der Waals surface area contributed by atoms with Crippen molar-refractivity contribution in [2.45, 2.75) is 75.3 Å². The SMILES string of the molecule is CC(C)=C(C)C(=O)C(C)C.CC(C)=C(C)C(=O)NC(C)C. The van der Waals surface area contributed by atoms with Gasteiger partial charge in [-0.3, -0.25) is 9.59 Å². The smallest absolute Gasteiger partial charge is 0.247 e. The average molecular weight is 295 g/mol. The van der Waals surface area contributed by atoms with E-state index in [2.05, 4.69) is 5.32 Å². The number of hydrogen-bond donors (Lipinski definition) is 1. The summed E-state index contributed by atoms with van der Waals surface area (Å²) in [5.74, 6) is 0.440. The number of nitrogens with one attached hydrogen (secondary N) is 1. The van der Waals surface area contributed by atoms with Gasteiger partial charge in [0.25, 0.3) is 0 Å². The molecular weight excluding hydrogens is 262 g/mol. The second-order valence-electron chi connectivity index (χ2n) is 6.40. The van der Waals surface area contributed by atoms with Crippen LogP contribution in [0.3, 0.4) is 0 Å². The van der Waals surface area contributed by atoms with Crippen LogP contribution in [0.5, 0.6) is 0 Å². The molecule has 0 aliphatic carbocycles. The van der Waals surface area contributed by atoms with E-state index in [0.29, 0.717) is 0 Å². The molecule has 3 heteroatoms. The predicted molar refractivity (Wildman–Crippen MR) is 91.2 cm³/mol. The summed E-state index contributed by atoms with van der Waals surface area (Å²) < 4.78 is 0. The first-order chi connectivity index (χ1) is 9.41. The predicted octanol–water partition coefficient (Wildman–Crippen LogP) is 4.44. The van der Waals surface area contributed by atoms with Crippen LogP contribution < -0.4 is 5.32 Å². The van der Waals surface area contributed by atoms with Crippen LogP contribution in [0.15, 0.2) is 22.3 Å². The van der Waals surface area contributed by atoms with E-state index in [1.54, 1.807) is 0 Å². The molecule has 0 saturated heterocycles. The molecule has 0 radical (unpaired) electrons. The largest absolute Gasteiger partial charge is 0.350 e. The molecule has 1 N–H and O–H groups in total. The third-order valence-electron chi connectivity index (χ3n) is 3.15. The highest BCUT2D eigenvalue weighted by Gasteiger charge is 2.09. The Labute approximate surface area is 130 Å². The molecule has 0 spiro atoms.